The first-order chi connectivity index (χ1) is 10.9. The van der Waals surface area contributed by atoms with Crippen molar-refractivity contribution in [2.75, 3.05) is 10.8 Å². The van der Waals surface area contributed by atoms with Gasteiger partial charge in [0.25, 0.3) is 10.0 Å². The van der Waals surface area contributed by atoms with E-state index in [9.17, 15) is 12.8 Å². The van der Waals surface area contributed by atoms with Crippen molar-refractivity contribution < 1.29 is 12.8 Å². The van der Waals surface area contributed by atoms with Crippen molar-refractivity contribution in [3.63, 3.8) is 0 Å². The normalized spacial score (nSPS) is 16.8. The van der Waals surface area contributed by atoms with E-state index in [0.717, 1.165) is 9.87 Å². The van der Waals surface area contributed by atoms with E-state index in [1.165, 1.54) is 30.3 Å². The largest absolute Gasteiger partial charge is 0.265 e. The molecule has 0 aliphatic carbocycles. The molecule has 8 heteroatoms. The van der Waals surface area contributed by atoms with E-state index >= 15 is 0 Å². The highest BCUT2D eigenvalue weighted by Gasteiger charge is 2.36. The van der Waals surface area contributed by atoms with Crippen LogP contribution in [0.3, 0.4) is 0 Å². The third kappa shape index (κ3) is 2.62. The fourth-order valence-corrected chi connectivity index (χ4v) is 4.10. The molecule has 0 spiro atoms. The molecule has 23 heavy (non-hydrogen) atoms. The Morgan fingerprint density at radius 3 is 2.61 bits per heavy atom. The van der Waals surface area contributed by atoms with Gasteiger partial charge in [-0.1, -0.05) is 22.8 Å². The van der Waals surface area contributed by atoms with Crippen molar-refractivity contribution in [3.8, 4) is 0 Å². The highest BCUT2D eigenvalue weighted by atomic mass is 32.2. The molecule has 2 aromatic rings. The van der Waals surface area contributed by atoms with E-state index in [4.69, 9.17) is 5.53 Å². The van der Waals surface area contributed by atoms with Crippen molar-refractivity contribution in [1.29, 1.82) is 0 Å². The molecule has 0 saturated carbocycles. The van der Waals surface area contributed by atoms with Gasteiger partial charge in [0.05, 0.1) is 16.6 Å². The summed E-state index contributed by atoms with van der Waals surface area (Å²) in [5.41, 5.74) is 10.3. The van der Waals surface area contributed by atoms with Gasteiger partial charge in [-0.3, -0.25) is 4.31 Å². The molecule has 0 saturated heterocycles. The van der Waals surface area contributed by atoms with Crippen LogP contribution in [0.1, 0.15) is 17.2 Å². The molecule has 6 nitrogen and oxygen atoms in total. The summed E-state index contributed by atoms with van der Waals surface area (Å²) in [6, 6.07) is 9.51. The van der Waals surface area contributed by atoms with E-state index < -0.39 is 21.9 Å². The minimum Gasteiger partial charge on any atom is -0.265 e. The Morgan fingerprint density at radius 2 is 1.96 bits per heavy atom. The highest BCUT2D eigenvalue weighted by molar-refractivity contribution is 7.92. The molecule has 0 amide bonds. The quantitative estimate of drug-likeness (QED) is 0.487. The van der Waals surface area contributed by atoms with E-state index in [-0.39, 0.29) is 11.4 Å². The van der Waals surface area contributed by atoms with Gasteiger partial charge < -0.3 is 0 Å². The lowest BCUT2D eigenvalue weighted by Gasteiger charge is -2.19. The minimum atomic E-state index is -3.81. The zero-order valence-corrected chi connectivity index (χ0v) is 13.0. The first-order valence-electron chi connectivity index (χ1n) is 6.86. The SMILES string of the molecule is Cc1ccc(S(=O)(=O)N2CC(N=[N+]=[N-])c3cc(F)ccc32)cc1. The molecule has 1 aliphatic heterocycles. The topological polar surface area (TPSA) is 86.1 Å². The summed E-state index contributed by atoms with van der Waals surface area (Å²) in [4.78, 5) is 2.87. The van der Waals surface area contributed by atoms with Gasteiger partial charge in [-0.25, -0.2) is 12.8 Å². The summed E-state index contributed by atoms with van der Waals surface area (Å²) >= 11 is 0. The smallest absolute Gasteiger partial charge is 0.264 e. The number of hydrogen-bond acceptors (Lipinski definition) is 3. The van der Waals surface area contributed by atoms with E-state index in [1.54, 1.807) is 12.1 Å². The molecular formula is C15H13FN4O2S. The van der Waals surface area contributed by atoms with Crippen LogP contribution >= 0.6 is 0 Å². The van der Waals surface area contributed by atoms with Gasteiger partial charge in [0.1, 0.15) is 5.82 Å². The van der Waals surface area contributed by atoms with Crippen LogP contribution in [0.2, 0.25) is 0 Å². The van der Waals surface area contributed by atoms with Crippen molar-refractivity contribution in [2.45, 2.75) is 17.9 Å². The van der Waals surface area contributed by atoms with Gasteiger partial charge in [-0.05, 0) is 48.4 Å². The Balaban J connectivity index is 2.11. The van der Waals surface area contributed by atoms with Crippen LogP contribution < -0.4 is 4.31 Å². The lowest BCUT2D eigenvalue weighted by atomic mass is 10.1. The van der Waals surface area contributed by atoms with Crippen LogP contribution in [0, 0.1) is 12.7 Å². The summed E-state index contributed by atoms with van der Waals surface area (Å²) in [6.07, 6.45) is 0. The molecule has 3 rings (SSSR count). The zero-order valence-electron chi connectivity index (χ0n) is 12.2. The maximum Gasteiger partial charge on any atom is 0.264 e. The van der Waals surface area contributed by atoms with Crippen molar-refractivity contribution >= 4 is 15.7 Å². The Labute approximate surface area is 132 Å². The predicted molar refractivity (Wildman–Crippen MR) is 84.0 cm³/mol. The number of sulfonamides is 1. The van der Waals surface area contributed by atoms with Crippen LogP contribution in [0.4, 0.5) is 10.1 Å². The maximum absolute atomic E-state index is 13.5. The van der Waals surface area contributed by atoms with Crippen LogP contribution in [0.5, 0.6) is 0 Å². The van der Waals surface area contributed by atoms with E-state index in [2.05, 4.69) is 10.0 Å². The molecule has 118 valence electrons. The first kappa shape index (κ1) is 15.3. The molecular weight excluding hydrogens is 319 g/mol. The number of aryl methyl sites for hydroxylation is 1. The fourth-order valence-electron chi connectivity index (χ4n) is 2.60. The van der Waals surface area contributed by atoms with Gasteiger partial charge >= 0.3 is 0 Å². The second-order valence-electron chi connectivity index (χ2n) is 5.27. The average molecular weight is 332 g/mol. The molecule has 0 aromatic heterocycles. The fraction of sp³-hybridized carbons (Fsp3) is 0.200. The Morgan fingerprint density at radius 1 is 1.26 bits per heavy atom. The number of benzene rings is 2. The molecule has 0 N–H and O–H groups in total. The summed E-state index contributed by atoms with van der Waals surface area (Å²) in [5.74, 6) is -0.503. The molecule has 2 aromatic carbocycles. The Hall–Kier alpha value is -2.57. The molecule has 0 radical (unpaired) electrons. The summed E-state index contributed by atoms with van der Waals surface area (Å²) in [6.45, 7) is 1.82. The van der Waals surface area contributed by atoms with E-state index in [1.807, 2.05) is 6.92 Å². The monoisotopic (exact) mass is 332 g/mol. The number of hydrogen-bond donors (Lipinski definition) is 0. The van der Waals surface area contributed by atoms with Crippen LogP contribution in [-0.4, -0.2) is 15.0 Å². The lowest BCUT2D eigenvalue weighted by Crippen LogP contribution is -2.29. The van der Waals surface area contributed by atoms with Crippen molar-refractivity contribution in [3.05, 3.63) is 69.9 Å². The van der Waals surface area contributed by atoms with Gasteiger partial charge in [0.2, 0.25) is 0 Å². The number of azide groups is 1. The van der Waals surface area contributed by atoms with Crippen molar-refractivity contribution in [1.82, 2.24) is 0 Å². The van der Waals surface area contributed by atoms with Gasteiger partial charge in [-0.15, -0.1) is 0 Å². The summed E-state index contributed by atoms with van der Waals surface area (Å²) in [7, 11) is -3.81. The van der Waals surface area contributed by atoms with Crippen LogP contribution in [-0.2, 0) is 10.0 Å². The van der Waals surface area contributed by atoms with E-state index in [0.29, 0.717) is 11.3 Å². The Bertz CT molecular complexity index is 906. The highest BCUT2D eigenvalue weighted by Crippen LogP contribution is 2.40. The predicted octanol–water partition coefficient (Wildman–Crippen LogP) is 3.69. The number of anilines is 1. The second kappa shape index (κ2) is 5.57. The summed E-state index contributed by atoms with van der Waals surface area (Å²) < 4.78 is 40.3. The van der Waals surface area contributed by atoms with Gasteiger partial charge in [-0.2, -0.15) is 0 Å². The van der Waals surface area contributed by atoms with Crippen LogP contribution in [0.15, 0.2) is 52.5 Å². The lowest BCUT2D eigenvalue weighted by molar-refractivity contribution is 0.589. The van der Waals surface area contributed by atoms with Gasteiger partial charge in [0, 0.05) is 11.5 Å². The number of rotatable bonds is 3. The second-order valence-corrected chi connectivity index (χ2v) is 7.14. The number of fused-ring (bicyclic) bond motifs is 1. The third-order valence-electron chi connectivity index (χ3n) is 3.76. The maximum atomic E-state index is 13.5. The minimum absolute atomic E-state index is 0.0426. The number of halogens is 1. The molecule has 1 unspecified atom stereocenters. The number of nitrogens with zero attached hydrogens (tertiary/aromatic N) is 4. The zero-order chi connectivity index (χ0) is 16.6. The third-order valence-corrected chi connectivity index (χ3v) is 5.55. The molecule has 1 atom stereocenters. The molecule has 0 bridgehead atoms. The molecule has 0 fully saturated rings. The molecule has 1 aliphatic rings. The van der Waals surface area contributed by atoms with Gasteiger partial charge in [0.15, 0.2) is 0 Å². The standard InChI is InChI=1S/C15H13FN4O2S/c1-10-2-5-12(6-3-10)23(21,22)20-9-14(18-19-17)13-8-11(16)4-7-15(13)20/h2-8,14H,9H2,1H3. The average Bonchev–Trinajstić information content (AvgIpc) is 2.87. The van der Waals surface area contributed by atoms with Crippen LogP contribution in [0.25, 0.3) is 10.4 Å². The molecule has 1 heterocycles. The summed E-state index contributed by atoms with van der Waals surface area (Å²) in [5, 5.41) is 3.59. The first-order valence-corrected chi connectivity index (χ1v) is 8.30. The van der Waals surface area contributed by atoms with Crippen molar-refractivity contribution in [2.24, 2.45) is 5.11 Å². The Kier molecular flexibility index (Phi) is 3.71.